The summed E-state index contributed by atoms with van der Waals surface area (Å²) in [7, 11) is 0. The fourth-order valence-electron chi connectivity index (χ4n) is 3.42. The molecule has 0 spiro atoms. The van der Waals surface area contributed by atoms with Crippen molar-refractivity contribution in [2.45, 2.75) is 26.1 Å². The number of hydrogen-bond acceptors (Lipinski definition) is 9. The molecule has 12 heteroatoms. The zero-order valence-corrected chi connectivity index (χ0v) is 17.6. The number of nitrogens with two attached hydrogens (primary N) is 1. The fourth-order valence-corrected chi connectivity index (χ4v) is 4.31. The number of aromatic nitrogens is 6. The highest BCUT2D eigenvalue weighted by Crippen LogP contribution is 2.25. The molecule has 162 valence electrons. The Labute approximate surface area is 183 Å². The summed E-state index contributed by atoms with van der Waals surface area (Å²) in [5, 5.41) is 25.2. The standard InChI is InChI=1S/C20H17N7O4S/c1-10-2-3-14-11(4-10)5-15(31-14)13(28)6-27-24-16(23-25-27)7-26-9-22-19-17(20(26)30)12(8-32-19)18(21)29/h2-5,8-9,13,28H,6-7H2,1H3,(H2,21,29)/t13-/m0/s1. The summed E-state index contributed by atoms with van der Waals surface area (Å²) >= 11 is 1.17. The molecule has 4 heterocycles. The predicted octanol–water partition coefficient (Wildman–Crippen LogP) is 1.38. The number of fused-ring (bicyclic) bond motifs is 2. The van der Waals surface area contributed by atoms with E-state index < -0.39 is 17.6 Å². The normalized spacial score (nSPS) is 12.6. The summed E-state index contributed by atoms with van der Waals surface area (Å²) in [6, 6.07) is 7.54. The van der Waals surface area contributed by atoms with E-state index in [0.717, 1.165) is 10.9 Å². The van der Waals surface area contributed by atoms with E-state index in [2.05, 4.69) is 20.4 Å². The molecule has 1 atom stereocenters. The van der Waals surface area contributed by atoms with Crippen molar-refractivity contribution in [3.63, 3.8) is 0 Å². The fraction of sp³-hybridized carbons (Fsp3) is 0.200. The number of benzene rings is 1. The van der Waals surface area contributed by atoms with Gasteiger partial charge in [0.25, 0.3) is 5.56 Å². The van der Waals surface area contributed by atoms with Gasteiger partial charge in [0.1, 0.15) is 22.3 Å². The summed E-state index contributed by atoms with van der Waals surface area (Å²) in [5.74, 6) is -0.0463. The quantitative estimate of drug-likeness (QED) is 0.392. The molecule has 1 amide bonds. The van der Waals surface area contributed by atoms with Crippen LogP contribution in [0.4, 0.5) is 0 Å². The van der Waals surface area contributed by atoms with Gasteiger partial charge in [-0.15, -0.1) is 21.5 Å². The summed E-state index contributed by atoms with van der Waals surface area (Å²) < 4.78 is 6.99. The van der Waals surface area contributed by atoms with Crippen molar-refractivity contribution in [1.82, 2.24) is 29.8 Å². The van der Waals surface area contributed by atoms with Crippen molar-refractivity contribution in [3.8, 4) is 0 Å². The number of thiophene rings is 1. The van der Waals surface area contributed by atoms with E-state index in [-0.39, 0.29) is 29.9 Å². The number of furan rings is 1. The van der Waals surface area contributed by atoms with Crippen LogP contribution in [-0.2, 0) is 13.1 Å². The van der Waals surface area contributed by atoms with Crippen molar-refractivity contribution < 1.29 is 14.3 Å². The van der Waals surface area contributed by atoms with E-state index in [4.69, 9.17) is 10.2 Å². The van der Waals surface area contributed by atoms with Crippen LogP contribution >= 0.6 is 11.3 Å². The highest BCUT2D eigenvalue weighted by atomic mass is 32.1. The Kier molecular flexibility index (Phi) is 4.79. The molecule has 0 aliphatic rings. The van der Waals surface area contributed by atoms with Gasteiger partial charge in [-0.1, -0.05) is 11.6 Å². The molecule has 1 aromatic carbocycles. The van der Waals surface area contributed by atoms with Gasteiger partial charge in [0.2, 0.25) is 5.91 Å². The van der Waals surface area contributed by atoms with E-state index in [1.165, 1.54) is 32.4 Å². The second kappa shape index (κ2) is 7.66. The second-order valence-electron chi connectivity index (χ2n) is 7.34. The Balaban J connectivity index is 1.35. The Hall–Kier alpha value is -3.90. The van der Waals surface area contributed by atoms with Gasteiger partial charge in [-0.05, 0) is 30.3 Å². The molecule has 0 fully saturated rings. The minimum absolute atomic E-state index is 0.00414. The van der Waals surface area contributed by atoms with E-state index in [0.29, 0.717) is 16.2 Å². The topological polar surface area (TPSA) is 155 Å². The number of carbonyl (C=O) groups is 1. The van der Waals surface area contributed by atoms with Crippen LogP contribution in [0.5, 0.6) is 0 Å². The van der Waals surface area contributed by atoms with Crippen molar-refractivity contribution in [1.29, 1.82) is 0 Å². The van der Waals surface area contributed by atoms with E-state index in [9.17, 15) is 14.7 Å². The summed E-state index contributed by atoms with van der Waals surface area (Å²) in [6.45, 7) is 2.00. The van der Waals surface area contributed by atoms with Gasteiger partial charge < -0.3 is 15.3 Å². The molecule has 0 saturated carbocycles. The molecule has 5 aromatic rings. The van der Waals surface area contributed by atoms with Gasteiger partial charge in [0.05, 0.1) is 30.4 Å². The molecule has 0 radical (unpaired) electrons. The zero-order valence-electron chi connectivity index (χ0n) is 16.8. The first-order valence-corrected chi connectivity index (χ1v) is 10.5. The van der Waals surface area contributed by atoms with Gasteiger partial charge in [-0.2, -0.15) is 4.80 Å². The summed E-state index contributed by atoms with van der Waals surface area (Å²) in [6.07, 6.45) is 0.382. The first-order chi connectivity index (χ1) is 15.4. The zero-order chi connectivity index (χ0) is 22.4. The third-order valence-electron chi connectivity index (χ3n) is 4.99. The highest BCUT2D eigenvalue weighted by Gasteiger charge is 2.18. The van der Waals surface area contributed by atoms with Crippen molar-refractivity contribution >= 4 is 38.4 Å². The molecular weight excluding hydrogens is 434 g/mol. The number of aryl methyl sites for hydroxylation is 1. The lowest BCUT2D eigenvalue weighted by Crippen LogP contribution is -2.23. The Bertz CT molecular complexity index is 1530. The molecule has 4 aromatic heterocycles. The van der Waals surface area contributed by atoms with Gasteiger partial charge in [-0.3, -0.25) is 14.2 Å². The molecular formula is C20H17N7O4S. The minimum Gasteiger partial charge on any atom is -0.458 e. The number of aliphatic hydroxyl groups is 1. The Morgan fingerprint density at radius 1 is 1.34 bits per heavy atom. The first kappa shape index (κ1) is 20.0. The van der Waals surface area contributed by atoms with Gasteiger partial charge in [-0.25, -0.2) is 4.98 Å². The number of carbonyl (C=O) groups excluding carboxylic acids is 1. The van der Waals surface area contributed by atoms with Gasteiger partial charge in [0, 0.05) is 10.8 Å². The number of rotatable bonds is 6. The average Bonchev–Trinajstić information content (AvgIpc) is 3.48. The lowest BCUT2D eigenvalue weighted by atomic mass is 10.2. The van der Waals surface area contributed by atoms with Crippen LogP contribution in [0.3, 0.4) is 0 Å². The Morgan fingerprint density at radius 2 is 2.19 bits per heavy atom. The minimum atomic E-state index is -0.977. The molecule has 0 unspecified atom stereocenters. The number of tetrazole rings is 1. The molecule has 0 aliphatic carbocycles. The van der Waals surface area contributed by atoms with Gasteiger partial charge in [0.15, 0.2) is 5.82 Å². The van der Waals surface area contributed by atoms with Crippen LogP contribution in [0.15, 0.2) is 45.2 Å². The summed E-state index contributed by atoms with van der Waals surface area (Å²) in [4.78, 5) is 30.2. The lowest BCUT2D eigenvalue weighted by Gasteiger charge is -2.05. The Morgan fingerprint density at radius 3 is 3.00 bits per heavy atom. The first-order valence-electron chi connectivity index (χ1n) is 9.60. The van der Waals surface area contributed by atoms with Crippen LogP contribution in [0.25, 0.3) is 21.2 Å². The lowest BCUT2D eigenvalue weighted by molar-refractivity contribution is 0.100. The molecule has 0 bridgehead atoms. The van der Waals surface area contributed by atoms with Crippen LogP contribution < -0.4 is 11.3 Å². The van der Waals surface area contributed by atoms with Crippen molar-refractivity contribution in [3.05, 3.63) is 69.0 Å². The molecule has 32 heavy (non-hydrogen) atoms. The van der Waals surface area contributed by atoms with E-state index in [1.54, 1.807) is 6.07 Å². The van der Waals surface area contributed by atoms with E-state index in [1.807, 2.05) is 25.1 Å². The van der Waals surface area contributed by atoms with E-state index >= 15 is 0 Å². The molecule has 0 aliphatic heterocycles. The maximum Gasteiger partial charge on any atom is 0.263 e. The van der Waals surface area contributed by atoms with Gasteiger partial charge >= 0.3 is 0 Å². The van der Waals surface area contributed by atoms with Crippen LogP contribution in [0.2, 0.25) is 0 Å². The second-order valence-corrected chi connectivity index (χ2v) is 8.20. The number of hydrogen-bond donors (Lipinski definition) is 2. The monoisotopic (exact) mass is 451 g/mol. The average molecular weight is 451 g/mol. The number of aliphatic hydroxyl groups excluding tert-OH is 1. The predicted molar refractivity (Wildman–Crippen MR) is 115 cm³/mol. The van der Waals surface area contributed by atoms with Crippen molar-refractivity contribution in [2.24, 2.45) is 5.73 Å². The highest BCUT2D eigenvalue weighted by molar-refractivity contribution is 7.17. The SMILES string of the molecule is Cc1ccc2oc([C@@H](O)Cn3nnc(Cn4cnc5scc(C(N)=O)c5c4=O)n3)cc2c1. The molecule has 5 rings (SSSR count). The van der Waals surface area contributed by atoms with Crippen LogP contribution in [0, 0.1) is 6.92 Å². The smallest absolute Gasteiger partial charge is 0.263 e. The molecule has 0 saturated heterocycles. The maximum atomic E-state index is 12.8. The third-order valence-corrected chi connectivity index (χ3v) is 5.87. The number of amides is 1. The number of primary amides is 1. The largest absolute Gasteiger partial charge is 0.458 e. The summed E-state index contributed by atoms with van der Waals surface area (Å²) in [5.41, 5.74) is 6.84. The maximum absolute atomic E-state index is 12.8. The van der Waals surface area contributed by atoms with Crippen molar-refractivity contribution in [2.75, 3.05) is 0 Å². The van der Waals surface area contributed by atoms with Crippen LogP contribution in [-0.4, -0.2) is 40.8 Å². The molecule has 3 N–H and O–H groups in total. The molecule has 11 nitrogen and oxygen atoms in total. The third kappa shape index (κ3) is 3.55. The van der Waals surface area contributed by atoms with Crippen LogP contribution in [0.1, 0.15) is 33.6 Å². The number of nitrogens with zero attached hydrogens (tertiary/aromatic N) is 6.